The van der Waals surface area contributed by atoms with E-state index in [0.717, 1.165) is 15.4 Å². The maximum absolute atomic E-state index is 12.2. The van der Waals surface area contributed by atoms with Crippen LogP contribution in [0.3, 0.4) is 0 Å². The molecule has 0 aliphatic carbocycles. The van der Waals surface area contributed by atoms with Crippen molar-refractivity contribution in [1.82, 2.24) is 15.0 Å². The summed E-state index contributed by atoms with van der Waals surface area (Å²) in [4.78, 5) is 28.0. The van der Waals surface area contributed by atoms with E-state index >= 15 is 0 Å². The van der Waals surface area contributed by atoms with Crippen LogP contribution in [0.25, 0.3) is 10.6 Å². The summed E-state index contributed by atoms with van der Waals surface area (Å²) in [5.74, 6) is 0.895. The number of halogens is 1. The van der Waals surface area contributed by atoms with Gasteiger partial charge in [-0.2, -0.15) is 4.98 Å². The van der Waals surface area contributed by atoms with Crippen molar-refractivity contribution in [2.45, 2.75) is 31.8 Å². The topological polar surface area (TPSA) is 91.2 Å². The van der Waals surface area contributed by atoms with Crippen molar-refractivity contribution < 1.29 is 9.90 Å². The number of benzene rings is 1. The second kappa shape index (κ2) is 8.44. The molecule has 0 radical (unpaired) electrons. The number of nitrogens with zero attached hydrogens (tertiary/aromatic N) is 4. The van der Waals surface area contributed by atoms with Crippen LogP contribution in [0.15, 0.2) is 42.7 Å². The van der Waals surface area contributed by atoms with Gasteiger partial charge in [-0.3, -0.25) is 9.69 Å². The van der Waals surface area contributed by atoms with Gasteiger partial charge < -0.3 is 10.4 Å². The molecule has 29 heavy (non-hydrogen) atoms. The Morgan fingerprint density at radius 1 is 1.31 bits per heavy atom. The van der Waals surface area contributed by atoms with E-state index in [2.05, 4.69) is 20.3 Å². The van der Waals surface area contributed by atoms with Crippen LogP contribution in [-0.2, 0) is 4.79 Å². The van der Waals surface area contributed by atoms with E-state index in [-0.39, 0.29) is 24.6 Å². The minimum Gasteiger partial charge on any atom is -0.394 e. The van der Waals surface area contributed by atoms with Crippen LogP contribution in [0, 0.1) is 0 Å². The Bertz CT molecular complexity index is 1010. The number of amides is 1. The summed E-state index contributed by atoms with van der Waals surface area (Å²) in [5.41, 5.74) is 1.01. The fourth-order valence-corrected chi connectivity index (χ4v) is 4.31. The van der Waals surface area contributed by atoms with Gasteiger partial charge in [-0.05, 0) is 31.5 Å². The van der Waals surface area contributed by atoms with Crippen LogP contribution in [-0.4, -0.2) is 38.6 Å². The van der Waals surface area contributed by atoms with Gasteiger partial charge in [0.1, 0.15) is 10.8 Å². The predicted molar refractivity (Wildman–Crippen MR) is 114 cm³/mol. The molecule has 4 rings (SSSR count). The van der Waals surface area contributed by atoms with Crippen molar-refractivity contribution in [3.05, 3.63) is 52.6 Å². The van der Waals surface area contributed by atoms with E-state index < -0.39 is 0 Å². The van der Waals surface area contributed by atoms with E-state index in [1.165, 1.54) is 0 Å². The van der Waals surface area contributed by atoms with Crippen molar-refractivity contribution in [3.63, 3.8) is 0 Å². The quantitative estimate of drug-likeness (QED) is 0.617. The van der Waals surface area contributed by atoms with Crippen LogP contribution in [0.5, 0.6) is 0 Å². The average Bonchev–Trinajstić information content (AvgIpc) is 3.35. The molecule has 0 unspecified atom stereocenters. The van der Waals surface area contributed by atoms with Gasteiger partial charge in [0, 0.05) is 34.3 Å². The standard InChI is InChI=1S/C20H20ClN5O2S/c1-12(16-10-23-19(29-16)13-2-4-14(21)5-3-13)24-20-22-9-8-17(25-20)26-15(11-27)6-7-18(26)28/h2-5,8-10,12,15,27H,6-7,11H2,1H3,(H,22,24,25)/t12-,15+/m0/s1. The number of aliphatic hydroxyl groups excluding tert-OH is 1. The number of carbonyl (C=O) groups is 1. The molecular formula is C20H20ClN5O2S. The zero-order valence-electron chi connectivity index (χ0n) is 15.7. The van der Waals surface area contributed by atoms with Gasteiger partial charge in [-0.25, -0.2) is 9.97 Å². The van der Waals surface area contributed by atoms with Gasteiger partial charge in [0.05, 0.1) is 18.7 Å². The van der Waals surface area contributed by atoms with Crippen molar-refractivity contribution in [1.29, 1.82) is 0 Å². The van der Waals surface area contributed by atoms with Crippen LogP contribution in [0.2, 0.25) is 5.02 Å². The summed E-state index contributed by atoms with van der Waals surface area (Å²) >= 11 is 7.54. The summed E-state index contributed by atoms with van der Waals surface area (Å²) in [6.45, 7) is 1.93. The molecule has 1 amide bonds. The third-order valence-corrected chi connectivity index (χ3v) is 6.29. The zero-order valence-corrected chi connectivity index (χ0v) is 17.3. The second-order valence-electron chi connectivity index (χ2n) is 6.82. The van der Waals surface area contributed by atoms with Gasteiger partial charge >= 0.3 is 0 Å². The first kappa shape index (κ1) is 19.8. The van der Waals surface area contributed by atoms with Crippen LogP contribution in [0.4, 0.5) is 11.8 Å². The Morgan fingerprint density at radius 2 is 2.10 bits per heavy atom. The van der Waals surface area contributed by atoms with E-state index in [1.807, 2.05) is 37.4 Å². The lowest BCUT2D eigenvalue weighted by Gasteiger charge is -2.22. The molecule has 150 valence electrons. The summed E-state index contributed by atoms with van der Waals surface area (Å²) < 4.78 is 0. The number of thiazole rings is 1. The van der Waals surface area contributed by atoms with Crippen molar-refractivity contribution in [2.24, 2.45) is 0 Å². The first-order valence-electron chi connectivity index (χ1n) is 9.29. The maximum atomic E-state index is 12.2. The highest BCUT2D eigenvalue weighted by Gasteiger charge is 2.32. The lowest BCUT2D eigenvalue weighted by molar-refractivity contribution is -0.117. The number of aliphatic hydroxyl groups is 1. The fourth-order valence-electron chi connectivity index (χ4n) is 3.26. The summed E-state index contributed by atoms with van der Waals surface area (Å²) in [5, 5.41) is 14.4. The summed E-state index contributed by atoms with van der Waals surface area (Å²) in [6, 6.07) is 8.97. The average molecular weight is 430 g/mol. The molecule has 9 heteroatoms. The molecule has 7 nitrogen and oxygen atoms in total. The molecule has 0 bridgehead atoms. The number of nitrogens with one attached hydrogen (secondary N) is 1. The number of anilines is 2. The van der Waals surface area contributed by atoms with Crippen molar-refractivity contribution >= 4 is 40.6 Å². The lowest BCUT2D eigenvalue weighted by Crippen LogP contribution is -2.36. The van der Waals surface area contributed by atoms with Crippen LogP contribution < -0.4 is 10.2 Å². The Kier molecular flexibility index (Phi) is 5.75. The van der Waals surface area contributed by atoms with Crippen LogP contribution >= 0.6 is 22.9 Å². The first-order chi connectivity index (χ1) is 14.0. The number of carbonyl (C=O) groups excluding carboxylic acids is 1. The Hall–Kier alpha value is -2.55. The maximum Gasteiger partial charge on any atom is 0.228 e. The predicted octanol–water partition coefficient (Wildman–Crippen LogP) is 3.91. The van der Waals surface area contributed by atoms with Gasteiger partial charge in [0.2, 0.25) is 11.9 Å². The summed E-state index contributed by atoms with van der Waals surface area (Å²) in [6.07, 6.45) is 4.50. The Morgan fingerprint density at radius 3 is 2.86 bits per heavy atom. The molecule has 1 aliphatic heterocycles. The molecule has 2 N–H and O–H groups in total. The Balaban J connectivity index is 1.50. The Labute approximate surface area is 177 Å². The molecule has 1 aliphatic rings. The van der Waals surface area contributed by atoms with Gasteiger partial charge in [-0.1, -0.05) is 23.7 Å². The van der Waals surface area contributed by atoms with Gasteiger partial charge in [0.25, 0.3) is 0 Å². The van der Waals surface area contributed by atoms with E-state index in [1.54, 1.807) is 28.5 Å². The van der Waals surface area contributed by atoms with E-state index in [9.17, 15) is 9.90 Å². The largest absolute Gasteiger partial charge is 0.394 e. The monoisotopic (exact) mass is 429 g/mol. The molecule has 1 saturated heterocycles. The zero-order chi connectivity index (χ0) is 20.4. The molecule has 1 aromatic carbocycles. The molecule has 2 atom stereocenters. The molecule has 3 heterocycles. The van der Waals surface area contributed by atoms with E-state index in [4.69, 9.17) is 11.6 Å². The number of aromatic nitrogens is 3. The minimum absolute atomic E-state index is 0.0307. The second-order valence-corrected chi connectivity index (χ2v) is 8.32. The van der Waals surface area contributed by atoms with E-state index in [0.29, 0.717) is 29.6 Å². The fraction of sp³-hybridized carbons (Fsp3) is 0.300. The number of rotatable bonds is 6. The third-order valence-electron chi connectivity index (χ3n) is 4.81. The number of hydrogen-bond acceptors (Lipinski definition) is 7. The third kappa shape index (κ3) is 4.24. The molecule has 2 aromatic heterocycles. The highest BCUT2D eigenvalue weighted by molar-refractivity contribution is 7.15. The van der Waals surface area contributed by atoms with Gasteiger partial charge in [-0.15, -0.1) is 11.3 Å². The highest BCUT2D eigenvalue weighted by Crippen LogP contribution is 2.31. The minimum atomic E-state index is -0.230. The van der Waals surface area contributed by atoms with Gasteiger partial charge in [0.15, 0.2) is 0 Å². The van der Waals surface area contributed by atoms with Crippen LogP contribution in [0.1, 0.15) is 30.7 Å². The first-order valence-corrected chi connectivity index (χ1v) is 10.5. The molecule has 1 fully saturated rings. The van der Waals surface area contributed by atoms with Crippen molar-refractivity contribution in [3.8, 4) is 10.6 Å². The number of hydrogen-bond donors (Lipinski definition) is 2. The molecular weight excluding hydrogens is 410 g/mol. The normalized spacial score (nSPS) is 17.6. The van der Waals surface area contributed by atoms with Crippen molar-refractivity contribution in [2.75, 3.05) is 16.8 Å². The molecule has 0 saturated carbocycles. The molecule has 0 spiro atoms. The highest BCUT2D eigenvalue weighted by atomic mass is 35.5. The SMILES string of the molecule is C[C@H](Nc1nccc(N2C(=O)CC[C@@H]2CO)n1)c1cnc(-c2ccc(Cl)cc2)s1. The lowest BCUT2D eigenvalue weighted by atomic mass is 10.2. The summed E-state index contributed by atoms with van der Waals surface area (Å²) in [7, 11) is 0. The molecule has 3 aromatic rings. The smallest absolute Gasteiger partial charge is 0.228 e.